The van der Waals surface area contributed by atoms with Gasteiger partial charge in [0.25, 0.3) is 0 Å². The molecule has 4 nitrogen and oxygen atoms in total. The maximum Gasteiger partial charge on any atom is 0.236 e. The summed E-state index contributed by atoms with van der Waals surface area (Å²) >= 11 is 2.07. The molecule has 1 saturated carbocycles. The Kier molecular flexibility index (Phi) is 5.98. The molecule has 1 saturated heterocycles. The predicted octanol–water partition coefficient (Wildman–Crippen LogP) is 1.45. The van der Waals surface area contributed by atoms with E-state index in [1.807, 2.05) is 4.90 Å². The third-order valence-corrected chi connectivity index (χ3v) is 5.36. The molecular formula is C14H26N2O2S. The first-order valence-electron chi connectivity index (χ1n) is 7.38. The Balaban J connectivity index is 1.74. The number of morpholine rings is 1. The Hall–Kier alpha value is -0.260. The van der Waals surface area contributed by atoms with Gasteiger partial charge in [-0.2, -0.15) is 11.8 Å². The minimum absolute atomic E-state index is 0.261. The molecule has 2 atom stereocenters. The molecule has 110 valence electrons. The summed E-state index contributed by atoms with van der Waals surface area (Å²) in [4.78, 5) is 16.4. The second kappa shape index (κ2) is 7.50. The SMILES string of the molecule is CCS[C@H]1CC[C@@H](N(C)CC(=O)N2CCOCC2)C1. The summed E-state index contributed by atoms with van der Waals surface area (Å²) in [6.07, 6.45) is 3.79. The van der Waals surface area contributed by atoms with Crippen molar-refractivity contribution in [1.29, 1.82) is 0 Å². The highest BCUT2D eigenvalue weighted by atomic mass is 32.2. The zero-order chi connectivity index (χ0) is 13.7. The second-order valence-corrected chi connectivity index (χ2v) is 7.03. The second-order valence-electron chi connectivity index (χ2n) is 5.45. The molecule has 0 spiro atoms. The number of hydrogen-bond donors (Lipinski definition) is 0. The van der Waals surface area contributed by atoms with Crippen molar-refractivity contribution in [3.63, 3.8) is 0 Å². The van der Waals surface area contributed by atoms with Gasteiger partial charge >= 0.3 is 0 Å². The van der Waals surface area contributed by atoms with Gasteiger partial charge in [0.1, 0.15) is 0 Å². The molecule has 1 heterocycles. The number of carbonyl (C=O) groups is 1. The van der Waals surface area contributed by atoms with Gasteiger partial charge in [0, 0.05) is 24.4 Å². The van der Waals surface area contributed by atoms with Crippen molar-refractivity contribution in [2.24, 2.45) is 0 Å². The van der Waals surface area contributed by atoms with E-state index in [1.165, 1.54) is 25.0 Å². The first-order chi connectivity index (χ1) is 9.20. The third kappa shape index (κ3) is 4.36. The van der Waals surface area contributed by atoms with E-state index in [2.05, 4.69) is 30.6 Å². The molecule has 0 N–H and O–H groups in total. The van der Waals surface area contributed by atoms with E-state index < -0.39 is 0 Å². The zero-order valence-electron chi connectivity index (χ0n) is 12.1. The fraction of sp³-hybridized carbons (Fsp3) is 0.929. The van der Waals surface area contributed by atoms with E-state index >= 15 is 0 Å². The lowest BCUT2D eigenvalue weighted by molar-refractivity contribution is -0.136. The van der Waals surface area contributed by atoms with Crippen LogP contribution in [-0.2, 0) is 9.53 Å². The molecule has 0 aromatic carbocycles. The fourth-order valence-corrected chi connectivity index (χ4v) is 4.09. The van der Waals surface area contributed by atoms with Gasteiger partial charge in [-0.1, -0.05) is 6.92 Å². The summed E-state index contributed by atoms with van der Waals surface area (Å²) < 4.78 is 5.29. The van der Waals surface area contributed by atoms with E-state index in [0.29, 0.717) is 25.8 Å². The Morgan fingerprint density at radius 3 is 2.79 bits per heavy atom. The summed E-state index contributed by atoms with van der Waals surface area (Å²) in [7, 11) is 2.10. The van der Waals surface area contributed by atoms with Crippen molar-refractivity contribution >= 4 is 17.7 Å². The number of hydrogen-bond acceptors (Lipinski definition) is 4. The highest BCUT2D eigenvalue weighted by Gasteiger charge is 2.29. The van der Waals surface area contributed by atoms with Crippen LogP contribution < -0.4 is 0 Å². The van der Waals surface area contributed by atoms with Crippen LogP contribution in [0.25, 0.3) is 0 Å². The molecule has 0 bridgehead atoms. The molecule has 5 heteroatoms. The van der Waals surface area contributed by atoms with Gasteiger partial charge in [0.2, 0.25) is 5.91 Å². The summed E-state index contributed by atoms with van der Waals surface area (Å²) in [5.74, 6) is 1.46. The van der Waals surface area contributed by atoms with Gasteiger partial charge in [0.15, 0.2) is 0 Å². The summed E-state index contributed by atoms with van der Waals surface area (Å²) in [5.41, 5.74) is 0. The molecule has 1 aliphatic carbocycles. The van der Waals surface area contributed by atoms with Gasteiger partial charge in [-0.3, -0.25) is 9.69 Å². The Labute approximate surface area is 120 Å². The van der Waals surface area contributed by atoms with Gasteiger partial charge in [-0.15, -0.1) is 0 Å². The van der Waals surface area contributed by atoms with E-state index in [1.54, 1.807) is 0 Å². The fourth-order valence-electron chi connectivity index (χ4n) is 2.96. The number of likely N-dealkylation sites (N-methyl/N-ethyl adjacent to an activating group) is 1. The molecule has 2 rings (SSSR count). The molecule has 19 heavy (non-hydrogen) atoms. The molecule has 0 radical (unpaired) electrons. The van der Waals surface area contributed by atoms with Crippen LogP contribution in [0.5, 0.6) is 0 Å². The molecule has 0 unspecified atom stereocenters. The first-order valence-corrected chi connectivity index (χ1v) is 8.43. The quantitative estimate of drug-likeness (QED) is 0.766. The van der Waals surface area contributed by atoms with Crippen molar-refractivity contribution < 1.29 is 9.53 Å². The van der Waals surface area contributed by atoms with Gasteiger partial charge < -0.3 is 9.64 Å². The van der Waals surface area contributed by atoms with E-state index in [0.717, 1.165) is 18.3 Å². The van der Waals surface area contributed by atoms with E-state index in [9.17, 15) is 4.79 Å². The van der Waals surface area contributed by atoms with Crippen LogP contribution in [0, 0.1) is 0 Å². The predicted molar refractivity (Wildman–Crippen MR) is 79.6 cm³/mol. The number of amides is 1. The van der Waals surface area contributed by atoms with Crippen LogP contribution in [0.3, 0.4) is 0 Å². The van der Waals surface area contributed by atoms with Crippen LogP contribution in [0.1, 0.15) is 26.2 Å². The molecule has 2 fully saturated rings. The molecule has 0 aromatic rings. The third-order valence-electron chi connectivity index (χ3n) is 4.13. The molecule has 1 amide bonds. The van der Waals surface area contributed by atoms with Crippen LogP contribution in [-0.4, -0.2) is 72.6 Å². The lowest BCUT2D eigenvalue weighted by Crippen LogP contribution is -2.46. The van der Waals surface area contributed by atoms with Crippen LogP contribution in [0.2, 0.25) is 0 Å². The lowest BCUT2D eigenvalue weighted by atomic mass is 10.2. The van der Waals surface area contributed by atoms with Gasteiger partial charge in [-0.25, -0.2) is 0 Å². The Morgan fingerprint density at radius 1 is 1.37 bits per heavy atom. The molecule has 0 aromatic heterocycles. The average molecular weight is 286 g/mol. The number of carbonyl (C=O) groups excluding carboxylic acids is 1. The topological polar surface area (TPSA) is 32.8 Å². The smallest absolute Gasteiger partial charge is 0.236 e. The Morgan fingerprint density at radius 2 is 2.11 bits per heavy atom. The lowest BCUT2D eigenvalue weighted by Gasteiger charge is -2.30. The largest absolute Gasteiger partial charge is 0.378 e. The first kappa shape index (κ1) is 15.1. The van der Waals surface area contributed by atoms with Crippen LogP contribution >= 0.6 is 11.8 Å². The molecule has 2 aliphatic rings. The molecular weight excluding hydrogens is 260 g/mol. The highest BCUT2D eigenvalue weighted by Crippen LogP contribution is 2.32. The normalized spacial score (nSPS) is 28.1. The van der Waals surface area contributed by atoms with Crippen molar-refractivity contribution in [1.82, 2.24) is 9.80 Å². The molecule has 1 aliphatic heterocycles. The van der Waals surface area contributed by atoms with Crippen molar-refractivity contribution in [2.45, 2.75) is 37.5 Å². The van der Waals surface area contributed by atoms with Crippen LogP contribution in [0.15, 0.2) is 0 Å². The maximum atomic E-state index is 12.2. The van der Waals surface area contributed by atoms with Crippen molar-refractivity contribution in [2.75, 3.05) is 45.6 Å². The summed E-state index contributed by atoms with van der Waals surface area (Å²) in [5, 5.41) is 0.802. The highest BCUT2D eigenvalue weighted by molar-refractivity contribution is 7.99. The standard InChI is InChI=1S/C14H26N2O2S/c1-3-19-13-5-4-12(10-13)15(2)11-14(17)16-6-8-18-9-7-16/h12-13H,3-11H2,1-2H3/t12-,13+/m1/s1. The van der Waals surface area contributed by atoms with Crippen LogP contribution in [0.4, 0.5) is 0 Å². The minimum Gasteiger partial charge on any atom is -0.378 e. The van der Waals surface area contributed by atoms with E-state index in [4.69, 9.17) is 4.74 Å². The number of nitrogens with zero attached hydrogens (tertiary/aromatic N) is 2. The summed E-state index contributed by atoms with van der Waals surface area (Å²) in [6.45, 7) is 5.68. The maximum absolute atomic E-state index is 12.2. The average Bonchev–Trinajstić information content (AvgIpc) is 2.89. The zero-order valence-corrected chi connectivity index (χ0v) is 13.0. The minimum atomic E-state index is 0.261. The van der Waals surface area contributed by atoms with Crippen molar-refractivity contribution in [3.8, 4) is 0 Å². The number of rotatable bonds is 5. The van der Waals surface area contributed by atoms with E-state index in [-0.39, 0.29) is 5.91 Å². The van der Waals surface area contributed by atoms with Crippen molar-refractivity contribution in [3.05, 3.63) is 0 Å². The van der Waals surface area contributed by atoms with Gasteiger partial charge in [0.05, 0.1) is 19.8 Å². The monoisotopic (exact) mass is 286 g/mol. The Bertz CT molecular complexity index is 295. The van der Waals surface area contributed by atoms with Gasteiger partial charge in [-0.05, 0) is 32.1 Å². The number of ether oxygens (including phenoxy) is 1. The number of thioether (sulfide) groups is 1. The summed E-state index contributed by atoms with van der Waals surface area (Å²) in [6, 6.07) is 0.592.